The summed E-state index contributed by atoms with van der Waals surface area (Å²) < 4.78 is 31.7. The van der Waals surface area contributed by atoms with Gasteiger partial charge in [-0.05, 0) is 49.1 Å². The van der Waals surface area contributed by atoms with Gasteiger partial charge in [-0.25, -0.2) is 8.42 Å². The highest BCUT2D eigenvalue weighted by molar-refractivity contribution is 7.92. The zero-order chi connectivity index (χ0) is 26.3. The second kappa shape index (κ2) is 12.5. The molecule has 1 saturated carbocycles. The van der Waals surface area contributed by atoms with Gasteiger partial charge < -0.3 is 15.0 Å². The molecule has 2 amide bonds. The number of carbonyl (C=O) groups is 2. The number of benzene rings is 2. The van der Waals surface area contributed by atoms with E-state index in [9.17, 15) is 18.0 Å². The molecule has 0 aliphatic heterocycles. The summed E-state index contributed by atoms with van der Waals surface area (Å²) in [5, 5.41) is 3.30. The number of ether oxygens (including phenoxy) is 1. The van der Waals surface area contributed by atoms with E-state index in [0.717, 1.165) is 41.8 Å². The first-order valence-electron chi connectivity index (χ1n) is 12.1. The van der Waals surface area contributed by atoms with Crippen LogP contribution in [-0.4, -0.2) is 57.1 Å². The number of rotatable bonds is 11. The van der Waals surface area contributed by atoms with Crippen LogP contribution in [0.5, 0.6) is 5.75 Å². The second-order valence-electron chi connectivity index (χ2n) is 9.01. The van der Waals surface area contributed by atoms with Crippen LogP contribution in [0.4, 0.5) is 5.69 Å². The first-order valence-corrected chi connectivity index (χ1v) is 14.3. The van der Waals surface area contributed by atoms with Gasteiger partial charge in [-0.2, -0.15) is 0 Å². The van der Waals surface area contributed by atoms with E-state index in [1.54, 1.807) is 43.5 Å². The van der Waals surface area contributed by atoms with Crippen LogP contribution < -0.4 is 14.4 Å². The van der Waals surface area contributed by atoms with Crippen LogP contribution in [0, 0.1) is 0 Å². The van der Waals surface area contributed by atoms with Crippen molar-refractivity contribution in [3.63, 3.8) is 0 Å². The molecule has 3 rings (SSSR count). The minimum absolute atomic E-state index is 0.0935. The van der Waals surface area contributed by atoms with Crippen LogP contribution in [0.1, 0.15) is 44.6 Å². The zero-order valence-electron chi connectivity index (χ0n) is 20.9. The number of halogens is 1. The van der Waals surface area contributed by atoms with Crippen molar-refractivity contribution >= 4 is 39.1 Å². The molecule has 0 saturated heterocycles. The van der Waals surface area contributed by atoms with Gasteiger partial charge in [0.15, 0.2) is 0 Å². The summed E-state index contributed by atoms with van der Waals surface area (Å²) >= 11 is 6.28. The van der Waals surface area contributed by atoms with Gasteiger partial charge in [0.25, 0.3) is 0 Å². The molecule has 2 aromatic rings. The van der Waals surface area contributed by atoms with Crippen molar-refractivity contribution in [1.82, 2.24) is 10.2 Å². The SMILES string of the molecule is CC[C@@H](C(=O)NC1CCCC1)N(Cc1cccc(OC)c1)C(=O)CN(c1ccccc1Cl)S(C)(=O)=O. The highest BCUT2D eigenvalue weighted by Gasteiger charge is 2.33. The number of sulfonamides is 1. The number of carbonyl (C=O) groups excluding carboxylic acids is 2. The van der Waals surface area contributed by atoms with Crippen molar-refractivity contribution in [3.05, 3.63) is 59.1 Å². The summed E-state index contributed by atoms with van der Waals surface area (Å²) in [6, 6.07) is 13.0. The molecule has 36 heavy (non-hydrogen) atoms. The number of nitrogens with zero attached hydrogens (tertiary/aromatic N) is 2. The van der Waals surface area contributed by atoms with Gasteiger partial charge in [0.05, 0.1) is 24.1 Å². The fourth-order valence-electron chi connectivity index (χ4n) is 4.50. The number of anilines is 1. The van der Waals surface area contributed by atoms with Crippen molar-refractivity contribution in [1.29, 1.82) is 0 Å². The lowest BCUT2D eigenvalue weighted by Crippen LogP contribution is -2.53. The Hall–Kier alpha value is -2.78. The number of para-hydroxylation sites is 1. The van der Waals surface area contributed by atoms with Crippen LogP contribution in [-0.2, 0) is 26.2 Å². The molecule has 10 heteroatoms. The Bertz CT molecular complexity index is 1170. The summed E-state index contributed by atoms with van der Waals surface area (Å²) in [6.45, 7) is 1.47. The maximum atomic E-state index is 13.8. The normalized spacial score (nSPS) is 14.8. The van der Waals surface area contributed by atoms with E-state index in [4.69, 9.17) is 16.3 Å². The van der Waals surface area contributed by atoms with Crippen LogP contribution >= 0.6 is 11.6 Å². The predicted molar refractivity (Wildman–Crippen MR) is 142 cm³/mol. The summed E-state index contributed by atoms with van der Waals surface area (Å²) in [4.78, 5) is 28.5. The number of amides is 2. The second-order valence-corrected chi connectivity index (χ2v) is 11.3. The zero-order valence-corrected chi connectivity index (χ0v) is 22.5. The molecule has 0 radical (unpaired) electrons. The quantitative estimate of drug-likeness (QED) is 0.469. The van der Waals surface area contributed by atoms with Gasteiger partial charge >= 0.3 is 0 Å². The van der Waals surface area contributed by atoms with Crippen molar-refractivity contribution < 1.29 is 22.7 Å². The third-order valence-corrected chi connectivity index (χ3v) is 7.82. The van der Waals surface area contributed by atoms with Crippen molar-refractivity contribution in [2.75, 3.05) is 24.2 Å². The highest BCUT2D eigenvalue weighted by Crippen LogP contribution is 2.28. The van der Waals surface area contributed by atoms with Gasteiger partial charge in [0.2, 0.25) is 21.8 Å². The fourth-order valence-corrected chi connectivity index (χ4v) is 5.65. The van der Waals surface area contributed by atoms with Crippen molar-refractivity contribution in [3.8, 4) is 5.75 Å². The molecule has 196 valence electrons. The smallest absolute Gasteiger partial charge is 0.244 e. The number of nitrogens with one attached hydrogen (secondary N) is 1. The van der Waals surface area contributed by atoms with E-state index in [0.29, 0.717) is 12.2 Å². The van der Waals surface area contributed by atoms with Crippen molar-refractivity contribution in [2.45, 2.75) is 57.7 Å². The van der Waals surface area contributed by atoms with E-state index in [1.165, 1.54) is 4.90 Å². The molecular formula is C26H34ClN3O5S. The first kappa shape index (κ1) is 27.8. The topological polar surface area (TPSA) is 96.0 Å². The molecule has 8 nitrogen and oxygen atoms in total. The summed E-state index contributed by atoms with van der Waals surface area (Å²) in [6.07, 6.45) is 5.37. The molecule has 0 aromatic heterocycles. The standard InChI is InChI=1S/C26H34ClN3O5S/c1-4-23(26(32)28-20-11-5-6-12-20)29(17-19-10-9-13-21(16-19)35-2)25(31)18-30(36(3,33)34)24-15-8-7-14-22(24)27/h7-10,13-16,20,23H,4-6,11-12,17-18H2,1-3H3,(H,28,32)/t23-/m0/s1. The molecule has 0 bridgehead atoms. The molecule has 1 N–H and O–H groups in total. The van der Waals surface area contributed by atoms with Crippen LogP contribution in [0.15, 0.2) is 48.5 Å². The Labute approximate surface area is 218 Å². The third kappa shape index (κ3) is 7.13. The average Bonchev–Trinajstić information content (AvgIpc) is 3.35. The Balaban J connectivity index is 1.94. The summed E-state index contributed by atoms with van der Waals surface area (Å²) in [7, 11) is -2.29. The van der Waals surface area contributed by atoms with Gasteiger partial charge in [-0.15, -0.1) is 0 Å². The lowest BCUT2D eigenvalue weighted by Gasteiger charge is -2.33. The molecule has 1 aliphatic rings. The largest absolute Gasteiger partial charge is 0.497 e. The molecule has 0 heterocycles. The Morgan fingerprint density at radius 1 is 1.14 bits per heavy atom. The molecular weight excluding hydrogens is 502 g/mol. The predicted octanol–water partition coefficient (Wildman–Crippen LogP) is 3.98. The molecule has 1 fully saturated rings. The number of methoxy groups -OCH3 is 1. The third-order valence-electron chi connectivity index (χ3n) is 6.37. The van der Waals surface area contributed by atoms with Gasteiger partial charge in [-0.3, -0.25) is 13.9 Å². The molecule has 2 aromatic carbocycles. The average molecular weight is 536 g/mol. The molecule has 1 atom stereocenters. The highest BCUT2D eigenvalue weighted by atomic mass is 35.5. The monoisotopic (exact) mass is 535 g/mol. The lowest BCUT2D eigenvalue weighted by molar-refractivity contribution is -0.140. The van der Waals surface area contributed by atoms with Gasteiger partial charge in [-0.1, -0.05) is 55.6 Å². The minimum Gasteiger partial charge on any atom is -0.497 e. The number of hydrogen-bond acceptors (Lipinski definition) is 5. The van der Waals surface area contributed by atoms with Crippen molar-refractivity contribution in [2.24, 2.45) is 0 Å². The maximum absolute atomic E-state index is 13.8. The van der Waals surface area contributed by atoms with E-state index >= 15 is 0 Å². The van der Waals surface area contributed by atoms with Crippen LogP contribution in [0.2, 0.25) is 5.02 Å². The van der Waals surface area contributed by atoms with Gasteiger partial charge in [0.1, 0.15) is 18.3 Å². The van der Waals surface area contributed by atoms with Crippen LogP contribution in [0.25, 0.3) is 0 Å². The fraction of sp³-hybridized carbons (Fsp3) is 0.462. The van der Waals surface area contributed by atoms with Gasteiger partial charge in [0, 0.05) is 12.6 Å². The molecule has 0 unspecified atom stereocenters. The molecule has 1 aliphatic carbocycles. The first-order chi connectivity index (χ1) is 17.1. The lowest BCUT2D eigenvalue weighted by atomic mass is 10.1. The van der Waals surface area contributed by atoms with Crippen LogP contribution in [0.3, 0.4) is 0 Å². The summed E-state index contributed by atoms with van der Waals surface area (Å²) in [5.74, 6) is -0.113. The summed E-state index contributed by atoms with van der Waals surface area (Å²) in [5.41, 5.74) is 0.971. The minimum atomic E-state index is -3.84. The van der Waals surface area contributed by atoms with E-state index < -0.39 is 28.5 Å². The Morgan fingerprint density at radius 3 is 2.44 bits per heavy atom. The molecule has 0 spiro atoms. The van der Waals surface area contributed by atoms with E-state index in [1.807, 2.05) is 19.1 Å². The Kier molecular flexibility index (Phi) is 9.62. The Morgan fingerprint density at radius 2 is 1.83 bits per heavy atom. The van der Waals surface area contributed by atoms with E-state index in [-0.39, 0.29) is 29.2 Å². The maximum Gasteiger partial charge on any atom is 0.244 e. The van der Waals surface area contributed by atoms with E-state index in [2.05, 4.69) is 5.32 Å². The number of hydrogen-bond donors (Lipinski definition) is 1.